The van der Waals surface area contributed by atoms with Crippen LogP contribution in [0.25, 0.3) is 0 Å². The van der Waals surface area contributed by atoms with Crippen LogP contribution in [0.4, 0.5) is 4.79 Å². The predicted molar refractivity (Wildman–Crippen MR) is 111 cm³/mol. The number of ether oxygens (including phenoxy) is 1. The van der Waals surface area contributed by atoms with E-state index in [9.17, 15) is 14.4 Å². The van der Waals surface area contributed by atoms with Gasteiger partial charge in [0, 0.05) is 45.3 Å². The molecule has 1 aromatic rings. The van der Waals surface area contributed by atoms with Crippen molar-refractivity contribution in [2.24, 2.45) is 0 Å². The van der Waals surface area contributed by atoms with Crippen LogP contribution >= 0.6 is 0 Å². The monoisotopic (exact) mass is 414 g/mol. The van der Waals surface area contributed by atoms with E-state index in [2.05, 4.69) is 34.5 Å². The van der Waals surface area contributed by atoms with Crippen molar-refractivity contribution in [3.05, 3.63) is 35.4 Å². The maximum absolute atomic E-state index is 13.0. The molecule has 2 fully saturated rings. The van der Waals surface area contributed by atoms with Crippen LogP contribution in [-0.2, 0) is 27.2 Å². The quantitative estimate of drug-likeness (QED) is 0.782. The molecule has 8 heteroatoms. The van der Waals surface area contributed by atoms with Gasteiger partial charge in [0.2, 0.25) is 11.8 Å². The van der Waals surface area contributed by atoms with Crippen LogP contribution in [-0.4, -0.2) is 90.6 Å². The first kappa shape index (κ1) is 20.7. The fourth-order valence-corrected chi connectivity index (χ4v) is 4.80. The summed E-state index contributed by atoms with van der Waals surface area (Å²) in [5.74, 6) is -0.0863. The molecule has 0 bridgehead atoms. The zero-order chi connectivity index (χ0) is 21.1. The molecule has 4 rings (SSSR count). The van der Waals surface area contributed by atoms with E-state index < -0.39 is 6.04 Å². The Morgan fingerprint density at radius 1 is 1.03 bits per heavy atom. The van der Waals surface area contributed by atoms with Crippen LogP contribution in [0.3, 0.4) is 0 Å². The van der Waals surface area contributed by atoms with Crippen molar-refractivity contribution in [2.75, 3.05) is 45.9 Å². The normalized spacial score (nSPS) is 22.6. The number of amides is 3. The summed E-state index contributed by atoms with van der Waals surface area (Å²) < 4.78 is 5.03. The third kappa shape index (κ3) is 4.28. The largest absolute Gasteiger partial charge is 0.450 e. The summed E-state index contributed by atoms with van der Waals surface area (Å²) in [6.45, 7) is 5.37. The molecule has 8 nitrogen and oxygen atoms in total. The smallest absolute Gasteiger partial charge is 0.409 e. The summed E-state index contributed by atoms with van der Waals surface area (Å²) in [4.78, 5) is 43.1. The van der Waals surface area contributed by atoms with Crippen molar-refractivity contribution >= 4 is 17.9 Å². The molecule has 1 aromatic carbocycles. The van der Waals surface area contributed by atoms with Crippen LogP contribution in [0, 0.1) is 0 Å². The van der Waals surface area contributed by atoms with Crippen molar-refractivity contribution in [3.8, 4) is 0 Å². The molecule has 2 aliphatic heterocycles. The molecule has 30 heavy (non-hydrogen) atoms. The van der Waals surface area contributed by atoms with Crippen molar-refractivity contribution in [2.45, 2.75) is 38.3 Å². The Labute approximate surface area is 177 Å². The van der Waals surface area contributed by atoms with E-state index >= 15 is 0 Å². The Morgan fingerprint density at radius 3 is 2.30 bits per heavy atom. The highest BCUT2D eigenvalue weighted by atomic mass is 16.6. The minimum absolute atomic E-state index is 0.0268. The van der Waals surface area contributed by atoms with Gasteiger partial charge in [-0.3, -0.25) is 14.5 Å². The standard InChI is InChI=1S/C22H30N4O4/c1-2-30-22(29)25-11-9-24(10-12-25)20(27)15-19-21(28)23-7-8-26(19)18-13-16-5-3-4-6-17(16)14-18/h3-6,18-19H,2,7-15H2,1H3,(H,23,28). The third-order valence-electron chi connectivity index (χ3n) is 6.40. The van der Waals surface area contributed by atoms with Gasteiger partial charge in [0.15, 0.2) is 0 Å². The number of rotatable bonds is 4. The highest BCUT2D eigenvalue weighted by molar-refractivity contribution is 5.89. The zero-order valence-electron chi connectivity index (χ0n) is 17.5. The van der Waals surface area contributed by atoms with E-state index in [-0.39, 0.29) is 30.4 Å². The first-order valence-corrected chi connectivity index (χ1v) is 10.9. The summed E-state index contributed by atoms with van der Waals surface area (Å²) in [6, 6.07) is 8.24. The van der Waals surface area contributed by atoms with Gasteiger partial charge in [0.05, 0.1) is 19.1 Å². The van der Waals surface area contributed by atoms with Crippen molar-refractivity contribution in [1.82, 2.24) is 20.0 Å². The van der Waals surface area contributed by atoms with Crippen LogP contribution in [0.1, 0.15) is 24.5 Å². The number of hydrogen-bond donors (Lipinski definition) is 1. The molecule has 2 heterocycles. The van der Waals surface area contributed by atoms with Gasteiger partial charge in [-0.2, -0.15) is 0 Å². The molecule has 1 unspecified atom stereocenters. The third-order valence-corrected chi connectivity index (χ3v) is 6.40. The van der Waals surface area contributed by atoms with Crippen LogP contribution < -0.4 is 5.32 Å². The Hall–Kier alpha value is -2.61. The van der Waals surface area contributed by atoms with Gasteiger partial charge in [-0.1, -0.05) is 24.3 Å². The van der Waals surface area contributed by atoms with E-state index in [1.807, 2.05) is 0 Å². The lowest BCUT2D eigenvalue weighted by Gasteiger charge is -2.40. The molecule has 0 saturated carbocycles. The van der Waals surface area contributed by atoms with Gasteiger partial charge >= 0.3 is 6.09 Å². The number of piperazine rings is 2. The van der Waals surface area contributed by atoms with Gasteiger partial charge in [0.25, 0.3) is 0 Å². The first-order valence-electron chi connectivity index (χ1n) is 10.9. The number of nitrogens with one attached hydrogen (secondary N) is 1. The molecule has 162 valence electrons. The van der Waals surface area contributed by atoms with Crippen LogP contribution in [0.5, 0.6) is 0 Å². The summed E-state index contributed by atoms with van der Waals surface area (Å²) in [6.07, 6.45) is 1.69. The second kappa shape index (κ2) is 9.04. The second-order valence-electron chi connectivity index (χ2n) is 8.15. The summed E-state index contributed by atoms with van der Waals surface area (Å²) in [7, 11) is 0. The molecule has 1 atom stereocenters. The number of benzene rings is 1. The Bertz CT molecular complexity index is 781. The van der Waals surface area contributed by atoms with E-state index in [4.69, 9.17) is 4.74 Å². The van der Waals surface area contributed by atoms with E-state index in [1.165, 1.54) is 11.1 Å². The zero-order valence-corrected chi connectivity index (χ0v) is 17.5. The minimum atomic E-state index is -0.436. The molecule has 0 aromatic heterocycles. The topological polar surface area (TPSA) is 82.2 Å². The first-order chi connectivity index (χ1) is 14.6. The average Bonchev–Trinajstić information content (AvgIpc) is 3.19. The number of hydrogen-bond acceptors (Lipinski definition) is 5. The number of nitrogens with zero attached hydrogens (tertiary/aromatic N) is 3. The fraction of sp³-hybridized carbons (Fsp3) is 0.591. The van der Waals surface area contributed by atoms with E-state index in [1.54, 1.807) is 16.7 Å². The maximum Gasteiger partial charge on any atom is 0.409 e. The van der Waals surface area contributed by atoms with Crippen molar-refractivity contribution < 1.29 is 19.1 Å². The summed E-state index contributed by atoms with van der Waals surface area (Å²) in [5, 5.41) is 2.93. The van der Waals surface area contributed by atoms with Gasteiger partial charge < -0.3 is 19.9 Å². The molecular formula is C22H30N4O4. The van der Waals surface area contributed by atoms with Crippen LogP contribution in [0.2, 0.25) is 0 Å². The van der Waals surface area contributed by atoms with E-state index in [0.29, 0.717) is 39.3 Å². The van der Waals surface area contributed by atoms with Crippen LogP contribution in [0.15, 0.2) is 24.3 Å². The minimum Gasteiger partial charge on any atom is -0.450 e. The lowest BCUT2D eigenvalue weighted by molar-refractivity contribution is -0.140. The number of carbonyl (C=O) groups is 3. The lowest BCUT2D eigenvalue weighted by Crippen LogP contribution is -2.60. The van der Waals surface area contributed by atoms with Crippen molar-refractivity contribution in [1.29, 1.82) is 0 Å². The highest BCUT2D eigenvalue weighted by Crippen LogP contribution is 2.28. The molecule has 0 spiro atoms. The molecule has 1 aliphatic carbocycles. The molecule has 3 aliphatic rings. The SMILES string of the molecule is CCOC(=O)N1CCN(C(=O)CC2C(=O)NCCN2C2Cc3ccccc3C2)CC1. The Balaban J connectivity index is 1.37. The summed E-state index contributed by atoms with van der Waals surface area (Å²) in [5.41, 5.74) is 2.68. The van der Waals surface area contributed by atoms with Gasteiger partial charge in [-0.15, -0.1) is 0 Å². The number of carbonyl (C=O) groups excluding carboxylic acids is 3. The summed E-state index contributed by atoms with van der Waals surface area (Å²) >= 11 is 0. The highest BCUT2D eigenvalue weighted by Gasteiger charge is 2.39. The van der Waals surface area contributed by atoms with Gasteiger partial charge in [-0.25, -0.2) is 4.79 Å². The molecule has 1 N–H and O–H groups in total. The second-order valence-corrected chi connectivity index (χ2v) is 8.15. The molecular weight excluding hydrogens is 384 g/mol. The Morgan fingerprint density at radius 2 is 1.67 bits per heavy atom. The van der Waals surface area contributed by atoms with E-state index in [0.717, 1.165) is 19.4 Å². The van der Waals surface area contributed by atoms with Crippen molar-refractivity contribution in [3.63, 3.8) is 0 Å². The molecule has 3 amide bonds. The fourth-order valence-electron chi connectivity index (χ4n) is 4.80. The Kier molecular flexibility index (Phi) is 6.22. The lowest BCUT2D eigenvalue weighted by atomic mass is 10.0. The maximum atomic E-state index is 13.0. The van der Waals surface area contributed by atoms with Gasteiger partial charge in [0.1, 0.15) is 0 Å². The average molecular weight is 415 g/mol. The van der Waals surface area contributed by atoms with Gasteiger partial charge in [-0.05, 0) is 30.9 Å². The predicted octanol–water partition coefficient (Wildman–Crippen LogP) is 0.645. The number of fused-ring (bicyclic) bond motifs is 1. The molecule has 2 saturated heterocycles. The molecule has 0 radical (unpaired) electrons.